The SMILES string of the molecule is O=C(CCl)OC[C@H]1O[C@@H](Sc2ccccc2)[C@H](OCc2ccccc2)[C@@H](OCc2ccccc2)[C@H]1OC(=O)CCl. The van der Waals surface area contributed by atoms with Crippen LogP contribution in [0.15, 0.2) is 95.9 Å². The molecule has 0 aliphatic carbocycles. The lowest BCUT2D eigenvalue weighted by molar-refractivity contribution is -0.246. The first-order chi connectivity index (χ1) is 19.6. The number of ether oxygens (including phenoxy) is 5. The molecule has 0 spiro atoms. The normalized spacial score (nSPS) is 22.4. The van der Waals surface area contributed by atoms with Crippen molar-refractivity contribution < 1.29 is 33.3 Å². The van der Waals surface area contributed by atoms with Crippen molar-refractivity contribution in [1.82, 2.24) is 0 Å². The average molecular weight is 606 g/mol. The van der Waals surface area contributed by atoms with Crippen LogP contribution in [0.1, 0.15) is 11.1 Å². The lowest BCUT2D eigenvalue weighted by atomic mass is 9.99. The summed E-state index contributed by atoms with van der Waals surface area (Å²) in [5.74, 6) is -1.97. The van der Waals surface area contributed by atoms with Crippen molar-refractivity contribution >= 4 is 46.9 Å². The van der Waals surface area contributed by atoms with E-state index in [0.717, 1.165) is 16.0 Å². The van der Waals surface area contributed by atoms with Crippen molar-refractivity contribution in [1.29, 1.82) is 0 Å². The summed E-state index contributed by atoms with van der Waals surface area (Å²) in [5.41, 5.74) is 1.29. The third-order valence-electron chi connectivity index (χ3n) is 6.05. The van der Waals surface area contributed by atoms with Crippen molar-refractivity contribution in [2.75, 3.05) is 18.4 Å². The van der Waals surface area contributed by atoms with Gasteiger partial charge in [-0.2, -0.15) is 0 Å². The number of hydrogen-bond donors (Lipinski definition) is 0. The Labute approximate surface area is 248 Å². The molecule has 1 saturated heterocycles. The molecule has 0 saturated carbocycles. The molecule has 3 aromatic rings. The molecule has 3 aromatic carbocycles. The van der Waals surface area contributed by atoms with Gasteiger partial charge in [-0.25, -0.2) is 0 Å². The molecular formula is C30H30Cl2O7S. The van der Waals surface area contributed by atoms with Gasteiger partial charge in [-0.15, -0.1) is 23.2 Å². The number of carbonyl (C=O) groups excluding carboxylic acids is 2. The van der Waals surface area contributed by atoms with E-state index in [1.54, 1.807) is 0 Å². The van der Waals surface area contributed by atoms with Crippen molar-refractivity contribution in [3.63, 3.8) is 0 Å². The minimum atomic E-state index is -0.980. The zero-order valence-corrected chi connectivity index (χ0v) is 23.9. The van der Waals surface area contributed by atoms with Crippen LogP contribution in [0, 0.1) is 0 Å². The summed E-state index contributed by atoms with van der Waals surface area (Å²) < 4.78 is 30.5. The molecule has 0 amide bonds. The number of esters is 2. The third-order valence-corrected chi connectivity index (χ3v) is 7.64. The van der Waals surface area contributed by atoms with Crippen LogP contribution in [0.5, 0.6) is 0 Å². The highest BCUT2D eigenvalue weighted by Crippen LogP contribution is 2.38. The van der Waals surface area contributed by atoms with Crippen molar-refractivity contribution in [3.8, 4) is 0 Å². The Hall–Kier alpha value is -2.59. The predicted octanol–water partition coefficient (Wildman–Crippen LogP) is 5.61. The minimum Gasteiger partial charge on any atom is -0.462 e. The van der Waals surface area contributed by atoms with Crippen molar-refractivity contribution in [2.24, 2.45) is 0 Å². The predicted molar refractivity (Wildman–Crippen MR) is 153 cm³/mol. The molecule has 1 aliphatic heterocycles. The van der Waals surface area contributed by atoms with E-state index < -0.39 is 41.8 Å². The number of benzene rings is 3. The summed E-state index contributed by atoms with van der Waals surface area (Å²) in [6.07, 6.45) is -3.31. The van der Waals surface area contributed by atoms with Gasteiger partial charge in [-0.05, 0) is 23.3 Å². The number of carbonyl (C=O) groups is 2. The Bertz CT molecular complexity index is 1190. The first-order valence-corrected chi connectivity index (χ1v) is 14.7. The number of halogens is 2. The van der Waals surface area contributed by atoms with Gasteiger partial charge >= 0.3 is 11.9 Å². The first kappa shape index (κ1) is 30.4. The maximum Gasteiger partial charge on any atom is 0.321 e. The molecule has 1 aliphatic rings. The quantitative estimate of drug-likeness (QED) is 0.184. The largest absolute Gasteiger partial charge is 0.462 e. The maximum absolute atomic E-state index is 12.5. The van der Waals surface area contributed by atoms with E-state index in [-0.39, 0.29) is 31.6 Å². The summed E-state index contributed by atoms with van der Waals surface area (Å²) in [4.78, 5) is 25.3. The fourth-order valence-corrected chi connectivity index (χ4v) is 5.47. The zero-order valence-electron chi connectivity index (χ0n) is 21.6. The van der Waals surface area contributed by atoms with Gasteiger partial charge in [0, 0.05) is 4.90 Å². The maximum atomic E-state index is 12.5. The molecule has 5 atom stereocenters. The molecule has 0 radical (unpaired) electrons. The third kappa shape index (κ3) is 8.96. The molecule has 4 rings (SSSR count). The highest BCUT2D eigenvalue weighted by Gasteiger charge is 2.50. The van der Waals surface area contributed by atoms with Crippen LogP contribution in [0.4, 0.5) is 0 Å². The second kappa shape index (κ2) is 16.0. The molecule has 1 fully saturated rings. The Balaban J connectivity index is 1.68. The van der Waals surface area contributed by atoms with Crippen LogP contribution in [-0.2, 0) is 46.5 Å². The summed E-state index contributed by atoms with van der Waals surface area (Å²) in [7, 11) is 0. The van der Waals surface area contributed by atoms with Crippen LogP contribution < -0.4 is 0 Å². The Morgan fingerprint density at radius 1 is 0.700 bits per heavy atom. The molecule has 212 valence electrons. The zero-order chi connectivity index (χ0) is 28.2. The topological polar surface area (TPSA) is 80.3 Å². The molecule has 1 heterocycles. The summed E-state index contributed by atoms with van der Waals surface area (Å²) in [5, 5.41) is 0. The Morgan fingerprint density at radius 2 is 1.23 bits per heavy atom. The van der Waals surface area contributed by atoms with Gasteiger partial charge in [-0.3, -0.25) is 9.59 Å². The first-order valence-electron chi connectivity index (χ1n) is 12.7. The lowest BCUT2D eigenvalue weighted by Crippen LogP contribution is -2.61. The number of thioether (sulfide) groups is 1. The number of alkyl halides is 2. The highest BCUT2D eigenvalue weighted by atomic mass is 35.5. The van der Waals surface area contributed by atoms with E-state index in [9.17, 15) is 9.59 Å². The van der Waals surface area contributed by atoms with Gasteiger partial charge < -0.3 is 23.7 Å². The van der Waals surface area contributed by atoms with Crippen LogP contribution in [0.25, 0.3) is 0 Å². The monoisotopic (exact) mass is 604 g/mol. The standard InChI is InChI=1S/C30H30Cl2O7S/c31-16-25(33)35-20-24-27(39-26(34)17-32)28(36-18-21-10-4-1-5-11-21)29(37-19-22-12-6-2-7-13-22)30(38-24)40-23-14-8-3-9-15-23/h1-15,24,27-30H,16-20H2/t24-,27+,28+,29-,30+/m1/s1. The smallest absolute Gasteiger partial charge is 0.321 e. The molecule has 40 heavy (non-hydrogen) atoms. The highest BCUT2D eigenvalue weighted by molar-refractivity contribution is 7.99. The van der Waals surface area contributed by atoms with E-state index in [1.165, 1.54) is 11.8 Å². The van der Waals surface area contributed by atoms with Gasteiger partial charge in [0.25, 0.3) is 0 Å². The Morgan fingerprint density at radius 3 is 1.77 bits per heavy atom. The summed E-state index contributed by atoms with van der Waals surface area (Å²) in [6.45, 7) is 0.296. The van der Waals surface area contributed by atoms with Gasteiger partial charge in [0.2, 0.25) is 0 Å². The van der Waals surface area contributed by atoms with Gasteiger partial charge in [-0.1, -0.05) is 90.6 Å². The van der Waals surface area contributed by atoms with Crippen LogP contribution in [0.2, 0.25) is 0 Å². The van der Waals surface area contributed by atoms with Gasteiger partial charge in [0.1, 0.15) is 42.1 Å². The Kier molecular flexibility index (Phi) is 12.2. The van der Waals surface area contributed by atoms with Crippen LogP contribution >= 0.6 is 35.0 Å². The van der Waals surface area contributed by atoms with Gasteiger partial charge in [0.05, 0.1) is 13.2 Å². The summed E-state index contributed by atoms with van der Waals surface area (Å²) in [6, 6.07) is 29.1. The molecule has 0 aromatic heterocycles. The average Bonchev–Trinajstić information content (AvgIpc) is 3.00. The molecule has 0 N–H and O–H groups in total. The molecule has 0 unspecified atom stereocenters. The second-order valence-electron chi connectivity index (χ2n) is 8.90. The number of rotatable bonds is 13. The van der Waals surface area contributed by atoms with E-state index in [4.69, 9.17) is 46.9 Å². The molecule has 7 nitrogen and oxygen atoms in total. The van der Waals surface area contributed by atoms with Gasteiger partial charge in [0.15, 0.2) is 6.10 Å². The van der Waals surface area contributed by atoms with E-state index >= 15 is 0 Å². The van der Waals surface area contributed by atoms with Crippen LogP contribution in [-0.4, -0.2) is 60.2 Å². The second-order valence-corrected chi connectivity index (χ2v) is 10.6. The van der Waals surface area contributed by atoms with Crippen molar-refractivity contribution in [2.45, 2.75) is 48.0 Å². The lowest BCUT2D eigenvalue weighted by Gasteiger charge is -2.45. The van der Waals surface area contributed by atoms with E-state index in [2.05, 4.69) is 0 Å². The van der Waals surface area contributed by atoms with Crippen LogP contribution in [0.3, 0.4) is 0 Å². The molecule has 10 heteroatoms. The minimum absolute atomic E-state index is 0.200. The summed E-state index contributed by atoms with van der Waals surface area (Å²) >= 11 is 12.9. The fourth-order valence-electron chi connectivity index (χ4n) is 4.18. The molecular weight excluding hydrogens is 575 g/mol. The number of hydrogen-bond acceptors (Lipinski definition) is 8. The fraction of sp³-hybridized carbons (Fsp3) is 0.333. The van der Waals surface area contributed by atoms with E-state index in [0.29, 0.717) is 0 Å². The van der Waals surface area contributed by atoms with E-state index in [1.807, 2.05) is 91.0 Å². The van der Waals surface area contributed by atoms with Crippen molar-refractivity contribution in [3.05, 3.63) is 102 Å². The molecule has 0 bridgehead atoms.